The minimum Gasteiger partial charge on any atom is -0.396 e. The van der Waals surface area contributed by atoms with Gasteiger partial charge in [0.15, 0.2) is 0 Å². The second-order valence-corrected chi connectivity index (χ2v) is 5.29. The monoisotopic (exact) mass is 284 g/mol. The second-order valence-electron chi connectivity index (χ2n) is 4.38. The van der Waals surface area contributed by atoms with E-state index >= 15 is 0 Å². The van der Waals surface area contributed by atoms with Crippen molar-refractivity contribution in [2.24, 2.45) is 0 Å². The van der Waals surface area contributed by atoms with Crippen LogP contribution in [-0.4, -0.2) is 24.9 Å². The summed E-state index contributed by atoms with van der Waals surface area (Å²) in [6.45, 7) is 1.84. The lowest BCUT2D eigenvalue weighted by atomic mass is 9.72. The van der Waals surface area contributed by atoms with Crippen molar-refractivity contribution >= 4 is 15.9 Å². The van der Waals surface area contributed by atoms with Crippen LogP contribution in [0, 0.1) is 0 Å². The van der Waals surface area contributed by atoms with E-state index in [0.717, 1.165) is 36.9 Å². The maximum Gasteiger partial charge on any atom is 0.0474 e. The highest BCUT2D eigenvalue weighted by molar-refractivity contribution is 9.10. The fourth-order valence-electron chi connectivity index (χ4n) is 2.48. The van der Waals surface area contributed by atoms with Gasteiger partial charge in [0.05, 0.1) is 0 Å². The summed E-state index contributed by atoms with van der Waals surface area (Å²) in [6.07, 6.45) is 2.83. The molecule has 0 aromatic heterocycles. The van der Waals surface area contributed by atoms with Crippen LogP contribution in [0.3, 0.4) is 0 Å². The summed E-state index contributed by atoms with van der Waals surface area (Å²) < 4.78 is 6.53. The molecule has 1 aromatic carbocycles. The smallest absolute Gasteiger partial charge is 0.0474 e. The normalized spacial score (nSPS) is 19.6. The average Bonchev–Trinajstić information content (AvgIpc) is 2.31. The lowest BCUT2D eigenvalue weighted by Gasteiger charge is -2.37. The number of hydrogen-bond acceptors (Lipinski definition) is 2. The highest BCUT2D eigenvalue weighted by atomic mass is 79.9. The first-order valence-electron chi connectivity index (χ1n) is 5.71. The van der Waals surface area contributed by atoms with E-state index in [4.69, 9.17) is 4.74 Å². The summed E-state index contributed by atoms with van der Waals surface area (Å²) in [4.78, 5) is 0. The molecule has 3 heteroatoms. The number of rotatable bonds is 3. The van der Waals surface area contributed by atoms with E-state index in [0.29, 0.717) is 0 Å². The zero-order valence-electron chi connectivity index (χ0n) is 9.29. The first-order valence-corrected chi connectivity index (χ1v) is 6.51. The minimum atomic E-state index is 0.108. The zero-order chi connectivity index (χ0) is 11.4. The topological polar surface area (TPSA) is 29.5 Å². The Kier molecular flexibility index (Phi) is 4.00. The lowest BCUT2D eigenvalue weighted by molar-refractivity contribution is 0.0400. The van der Waals surface area contributed by atoms with Gasteiger partial charge < -0.3 is 9.84 Å². The Morgan fingerprint density at radius 3 is 2.69 bits per heavy atom. The number of ether oxygens (including phenoxy) is 1. The van der Waals surface area contributed by atoms with Gasteiger partial charge in [0.2, 0.25) is 0 Å². The number of aliphatic hydroxyl groups excluding tert-OH is 1. The number of hydrogen-bond donors (Lipinski definition) is 1. The Hall–Kier alpha value is -0.380. The van der Waals surface area contributed by atoms with E-state index in [1.807, 2.05) is 6.07 Å². The first-order chi connectivity index (χ1) is 7.77. The van der Waals surface area contributed by atoms with Crippen LogP contribution in [0.25, 0.3) is 0 Å². The molecule has 16 heavy (non-hydrogen) atoms. The molecule has 0 saturated carbocycles. The predicted octanol–water partition coefficient (Wildman–Crippen LogP) is 2.88. The average molecular weight is 285 g/mol. The van der Waals surface area contributed by atoms with E-state index in [9.17, 15) is 5.11 Å². The SMILES string of the molecule is OCCC1(c2cccc(Br)c2)CCOCC1. The molecule has 1 N–H and O–H groups in total. The van der Waals surface area contributed by atoms with Crippen molar-refractivity contribution in [3.8, 4) is 0 Å². The first kappa shape index (κ1) is 12.1. The molecule has 1 aliphatic heterocycles. The molecule has 1 heterocycles. The lowest BCUT2D eigenvalue weighted by Crippen LogP contribution is -2.34. The van der Waals surface area contributed by atoms with Crippen LogP contribution in [0.15, 0.2) is 28.7 Å². The number of aliphatic hydroxyl groups is 1. The third-order valence-corrected chi connectivity index (χ3v) is 3.97. The van der Waals surface area contributed by atoms with Crippen LogP contribution in [0.1, 0.15) is 24.8 Å². The summed E-state index contributed by atoms with van der Waals surface area (Å²) in [5.41, 5.74) is 1.43. The molecule has 1 aliphatic rings. The van der Waals surface area contributed by atoms with Crippen LogP contribution in [-0.2, 0) is 10.2 Å². The molecule has 0 amide bonds. The molecule has 0 atom stereocenters. The molecule has 1 fully saturated rings. The van der Waals surface area contributed by atoms with Crippen molar-refractivity contribution in [2.45, 2.75) is 24.7 Å². The standard InChI is InChI=1S/C13H17BrO2/c14-12-3-1-2-11(10-12)13(4-7-15)5-8-16-9-6-13/h1-3,10,15H,4-9H2. The molecule has 2 rings (SSSR count). The maximum atomic E-state index is 9.26. The third kappa shape index (κ3) is 2.47. The molecule has 2 nitrogen and oxygen atoms in total. The summed E-state index contributed by atoms with van der Waals surface area (Å²) >= 11 is 3.51. The number of benzene rings is 1. The van der Waals surface area contributed by atoms with Crippen LogP contribution in [0.2, 0.25) is 0 Å². The Balaban J connectivity index is 2.30. The Labute approximate surface area is 105 Å². The van der Waals surface area contributed by atoms with E-state index in [-0.39, 0.29) is 12.0 Å². The molecule has 0 unspecified atom stereocenters. The van der Waals surface area contributed by atoms with Gasteiger partial charge in [-0.15, -0.1) is 0 Å². The molecule has 1 saturated heterocycles. The molecule has 0 aliphatic carbocycles. The van der Waals surface area contributed by atoms with Crippen LogP contribution < -0.4 is 0 Å². The molecule has 0 spiro atoms. The molecule has 1 aromatic rings. The van der Waals surface area contributed by atoms with Crippen molar-refractivity contribution in [2.75, 3.05) is 19.8 Å². The van der Waals surface area contributed by atoms with Gasteiger partial charge in [0, 0.05) is 29.7 Å². The molecule has 0 bridgehead atoms. The van der Waals surface area contributed by atoms with Gasteiger partial charge in [-0.3, -0.25) is 0 Å². The summed E-state index contributed by atoms with van der Waals surface area (Å²) in [7, 11) is 0. The van der Waals surface area contributed by atoms with Crippen molar-refractivity contribution in [1.82, 2.24) is 0 Å². The summed E-state index contributed by atoms with van der Waals surface area (Å²) in [6, 6.07) is 8.43. The van der Waals surface area contributed by atoms with Crippen molar-refractivity contribution in [1.29, 1.82) is 0 Å². The van der Waals surface area contributed by atoms with Gasteiger partial charge in [0.1, 0.15) is 0 Å². The van der Waals surface area contributed by atoms with E-state index in [1.165, 1.54) is 5.56 Å². The van der Waals surface area contributed by atoms with Gasteiger partial charge in [-0.25, -0.2) is 0 Å². The van der Waals surface area contributed by atoms with E-state index in [2.05, 4.69) is 34.1 Å². The molecular weight excluding hydrogens is 268 g/mol. The highest BCUT2D eigenvalue weighted by Gasteiger charge is 2.33. The van der Waals surface area contributed by atoms with Crippen molar-refractivity contribution in [3.63, 3.8) is 0 Å². The van der Waals surface area contributed by atoms with Gasteiger partial charge in [-0.05, 0) is 37.0 Å². The molecule has 0 radical (unpaired) electrons. The third-order valence-electron chi connectivity index (χ3n) is 3.48. The maximum absolute atomic E-state index is 9.26. The van der Waals surface area contributed by atoms with Crippen LogP contribution in [0.4, 0.5) is 0 Å². The van der Waals surface area contributed by atoms with Crippen molar-refractivity contribution < 1.29 is 9.84 Å². The fourth-order valence-corrected chi connectivity index (χ4v) is 2.88. The zero-order valence-corrected chi connectivity index (χ0v) is 10.9. The van der Waals surface area contributed by atoms with Gasteiger partial charge >= 0.3 is 0 Å². The van der Waals surface area contributed by atoms with Crippen molar-refractivity contribution in [3.05, 3.63) is 34.3 Å². The number of halogens is 1. The Morgan fingerprint density at radius 1 is 1.31 bits per heavy atom. The van der Waals surface area contributed by atoms with Gasteiger partial charge in [-0.2, -0.15) is 0 Å². The van der Waals surface area contributed by atoms with Gasteiger partial charge in [0.25, 0.3) is 0 Å². The van der Waals surface area contributed by atoms with Crippen LogP contribution in [0.5, 0.6) is 0 Å². The molecular formula is C13H17BrO2. The summed E-state index contributed by atoms with van der Waals surface area (Å²) in [5, 5.41) is 9.26. The molecule has 88 valence electrons. The van der Waals surface area contributed by atoms with Crippen LogP contribution >= 0.6 is 15.9 Å². The fraction of sp³-hybridized carbons (Fsp3) is 0.538. The van der Waals surface area contributed by atoms with E-state index in [1.54, 1.807) is 0 Å². The van der Waals surface area contributed by atoms with Gasteiger partial charge in [-0.1, -0.05) is 28.1 Å². The Bertz CT molecular complexity index is 340. The Morgan fingerprint density at radius 2 is 2.06 bits per heavy atom. The predicted molar refractivity (Wildman–Crippen MR) is 67.6 cm³/mol. The second kappa shape index (κ2) is 5.30. The largest absolute Gasteiger partial charge is 0.396 e. The van der Waals surface area contributed by atoms with E-state index < -0.39 is 0 Å². The summed E-state index contributed by atoms with van der Waals surface area (Å²) in [5.74, 6) is 0. The quantitative estimate of drug-likeness (QED) is 0.925. The minimum absolute atomic E-state index is 0.108. The highest BCUT2D eigenvalue weighted by Crippen LogP contribution is 2.38.